The highest BCUT2D eigenvalue weighted by Crippen LogP contribution is 2.31. The molecule has 2 aromatic rings. The second-order valence-electron chi connectivity index (χ2n) is 9.02. The number of sulfonamides is 1. The lowest BCUT2D eigenvalue weighted by Gasteiger charge is -2.34. The molecule has 4 N–H and O–H groups in total. The van der Waals surface area contributed by atoms with Gasteiger partial charge in [-0.05, 0) is 68.8 Å². The minimum Gasteiger partial charge on any atom is -0.490 e. The summed E-state index contributed by atoms with van der Waals surface area (Å²) in [6.45, 7) is 1.64. The van der Waals surface area contributed by atoms with Gasteiger partial charge >= 0.3 is 0 Å². The van der Waals surface area contributed by atoms with Gasteiger partial charge in [-0.25, -0.2) is 8.42 Å². The fraction of sp³-hybridized carbons (Fsp3) is 0.520. The Morgan fingerprint density at radius 3 is 2.37 bits per heavy atom. The maximum absolute atomic E-state index is 12.1. The number of benzene rings is 2. The predicted octanol–water partition coefficient (Wildman–Crippen LogP) is 4.01. The van der Waals surface area contributed by atoms with Crippen LogP contribution in [-0.2, 0) is 16.6 Å². The molecule has 0 aromatic heterocycles. The van der Waals surface area contributed by atoms with Crippen molar-refractivity contribution in [2.24, 2.45) is 0 Å². The SMILES string of the molecule is CN(c1ccc(OC2CCCC2)c(CNC2CCCNC2c2ccccc2)c1)S(C)(=O)=O.Cl.Cl.O. The first-order valence-corrected chi connectivity index (χ1v) is 13.5. The molecule has 2 fully saturated rings. The molecule has 35 heavy (non-hydrogen) atoms. The van der Waals surface area contributed by atoms with Gasteiger partial charge in [0.25, 0.3) is 0 Å². The lowest BCUT2D eigenvalue weighted by Crippen LogP contribution is -2.45. The van der Waals surface area contributed by atoms with Gasteiger partial charge in [0.1, 0.15) is 5.75 Å². The minimum absolute atomic E-state index is 0. The fourth-order valence-corrected chi connectivity index (χ4v) is 5.25. The number of anilines is 1. The molecule has 2 atom stereocenters. The number of ether oxygens (including phenoxy) is 1. The zero-order valence-electron chi connectivity index (χ0n) is 20.4. The second-order valence-corrected chi connectivity index (χ2v) is 11.0. The van der Waals surface area contributed by atoms with Crippen molar-refractivity contribution in [1.82, 2.24) is 10.6 Å². The molecule has 1 saturated heterocycles. The van der Waals surface area contributed by atoms with Gasteiger partial charge < -0.3 is 20.8 Å². The number of hydrogen-bond acceptors (Lipinski definition) is 5. The van der Waals surface area contributed by atoms with Crippen LogP contribution in [0.15, 0.2) is 48.5 Å². The summed E-state index contributed by atoms with van der Waals surface area (Å²) in [6.07, 6.45) is 8.28. The molecular weight excluding hydrogens is 509 g/mol. The molecule has 1 saturated carbocycles. The average molecular weight is 549 g/mol. The molecule has 0 bridgehead atoms. The summed E-state index contributed by atoms with van der Waals surface area (Å²) in [6, 6.07) is 16.8. The van der Waals surface area contributed by atoms with Gasteiger partial charge in [-0.15, -0.1) is 24.8 Å². The van der Waals surface area contributed by atoms with Crippen LogP contribution < -0.4 is 19.7 Å². The highest BCUT2D eigenvalue weighted by atomic mass is 35.5. The second kappa shape index (κ2) is 14.3. The molecule has 0 amide bonds. The van der Waals surface area contributed by atoms with E-state index in [4.69, 9.17) is 4.74 Å². The first-order chi connectivity index (χ1) is 15.4. The van der Waals surface area contributed by atoms with Crippen LogP contribution in [0.3, 0.4) is 0 Å². The van der Waals surface area contributed by atoms with Crippen LogP contribution in [0.2, 0.25) is 0 Å². The van der Waals surface area contributed by atoms with Gasteiger partial charge in [-0.3, -0.25) is 4.31 Å². The minimum atomic E-state index is -3.33. The summed E-state index contributed by atoms with van der Waals surface area (Å²) in [5.74, 6) is 0.857. The number of piperidine rings is 1. The molecule has 1 heterocycles. The molecule has 10 heteroatoms. The number of rotatable bonds is 8. The lowest BCUT2D eigenvalue weighted by molar-refractivity contribution is 0.206. The molecule has 4 rings (SSSR count). The van der Waals surface area contributed by atoms with E-state index in [1.807, 2.05) is 24.3 Å². The topological polar surface area (TPSA) is 102 Å². The molecule has 1 aliphatic carbocycles. The highest BCUT2D eigenvalue weighted by molar-refractivity contribution is 7.92. The van der Waals surface area contributed by atoms with Crippen molar-refractivity contribution >= 4 is 40.5 Å². The number of nitrogens with one attached hydrogen (secondary N) is 2. The zero-order valence-corrected chi connectivity index (χ0v) is 22.9. The lowest BCUT2D eigenvalue weighted by atomic mass is 9.92. The normalized spacial score (nSPS) is 20.2. The maximum atomic E-state index is 12.1. The van der Waals surface area contributed by atoms with Crippen molar-refractivity contribution in [3.05, 3.63) is 59.7 Å². The van der Waals surface area contributed by atoms with E-state index in [0.29, 0.717) is 18.3 Å². The van der Waals surface area contributed by atoms with Crippen LogP contribution in [0.4, 0.5) is 5.69 Å². The quantitative estimate of drug-likeness (QED) is 0.519. The molecular formula is C25H39Cl2N3O4S. The van der Waals surface area contributed by atoms with Crippen molar-refractivity contribution in [2.75, 3.05) is 24.2 Å². The number of nitrogens with zero attached hydrogens (tertiary/aromatic N) is 1. The molecule has 2 aliphatic rings. The Labute approximate surface area is 222 Å². The van der Waals surface area contributed by atoms with Crippen LogP contribution in [0.1, 0.15) is 55.7 Å². The van der Waals surface area contributed by atoms with Crippen LogP contribution in [0.5, 0.6) is 5.75 Å². The third kappa shape index (κ3) is 8.23. The van der Waals surface area contributed by atoms with Gasteiger partial charge in [0, 0.05) is 31.2 Å². The van der Waals surface area contributed by atoms with Crippen molar-refractivity contribution < 1.29 is 18.6 Å². The third-order valence-corrected chi connectivity index (χ3v) is 7.88. The first kappa shape index (κ1) is 31.5. The van der Waals surface area contributed by atoms with Crippen LogP contribution in [-0.4, -0.2) is 45.9 Å². The summed E-state index contributed by atoms with van der Waals surface area (Å²) < 4.78 is 31.8. The Morgan fingerprint density at radius 2 is 1.71 bits per heavy atom. The van der Waals surface area contributed by atoms with Crippen LogP contribution in [0.25, 0.3) is 0 Å². The highest BCUT2D eigenvalue weighted by Gasteiger charge is 2.26. The van der Waals surface area contributed by atoms with Crippen molar-refractivity contribution in [3.63, 3.8) is 0 Å². The maximum Gasteiger partial charge on any atom is 0.231 e. The van der Waals surface area contributed by atoms with Gasteiger partial charge in [0.2, 0.25) is 10.0 Å². The van der Waals surface area contributed by atoms with E-state index in [2.05, 4.69) is 34.9 Å². The third-order valence-electron chi connectivity index (χ3n) is 6.67. The predicted molar refractivity (Wildman–Crippen MR) is 148 cm³/mol. The van der Waals surface area contributed by atoms with Crippen molar-refractivity contribution in [2.45, 2.75) is 63.3 Å². The summed E-state index contributed by atoms with van der Waals surface area (Å²) in [5, 5.41) is 7.41. The molecule has 198 valence electrons. The van der Waals surface area contributed by atoms with Gasteiger partial charge in [0.05, 0.1) is 18.0 Å². The van der Waals surface area contributed by atoms with Gasteiger partial charge in [-0.2, -0.15) is 0 Å². The molecule has 7 nitrogen and oxygen atoms in total. The van der Waals surface area contributed by atoms with Crippen molar-refractivity contribution in [3.8, 4) is 5.75 Å². The van der Waals surface area contributed by atoms with E-state index >= 15 is 0 Å². The smallest absolute Gasteiger partial charge is 0.231 e. The molecule has 1 aliphatic heterocycles. The monoisotopic (exact) mass is 547 g/mol. The van der Waals surface area contributed by atoms with E-state index < -0.39 is 10.0 Å². The first-order valence-electron chi connectivity index (χ1n) is 11.7. The summed E-state index contributed by atoms with van der Waals surface area (Å²) in [4.78, 5) is 0. The molecule has 0 spiro atoms. The Kier molecular flexibility index (Phi) is 12.8. The Bertz CT molecular complexity index is 1010. The molecule has 2 unspecified atom stereocenters. The van der Waals surface area contributed by atoms with E-state index in [0.717, 1.165) is 43.5 Å². The standard InChI is InChI=1S/C25H35N3O3S.2ClH.H2O/c1-28(32(2,29)30)21-14-15-24(31-22-11-6-7-12-22)20(17-21)18-27-23-13-8-16-26-25(23)19-9-4-3-5-10-19;;;/h3-5,9-10,14-15,17,22-23,25-27H,6-8,11-13,16,18H2,1-2H3;2*1H;1H2. The van der Waals surface area contributed by atoms with E-state index in [1.54, 1.807) is 7.05 Å². The average Bonchev–Trinajstić information content (AvgIpc) is 3.31. The Morgan fingerprint density at radius 1 is 1.03 bits per heavy atom. The van der Waals surface area contributed by atoms with Gasteiger partial charge in [-0.1, -0.05) is 30.3 Å². The largest absolute Gasteiger partial charge is 0.490 e. The van der Waals surface area contributed by atoms with Crippen LogP contribution in [0, 0.1) is 0 Å². The van der Waals surface area contributed by atoms with Gasteiger partial charge in [0.15, 0.2) is 0 Å². The summed E-state index contributed by atoms with van der Waals surface area (Å²) in [5.41, 5.74) is 2.95. The molecule has 0 radical (unpaired) electrons. The van der Waals surface area contributed by atoms with Crippen molar-refractivity contribution in [1.29, 1.82) is 0 Å². The summed E-state index contributed by atoms with van der Waals surface area (Å²) >= 11 is 0. The Balaban J connectivity index is 0.00000204. The van der Waals surface area contributed by atoms with E-state index in [9.17, 15) is 8.42 Å². The van der Waals surface area contributed by atoms with E-state index in [-0.39, 0.29) is 42.4 Å². The number of hydrogen-bond donors (Lipinski definition) is 2. The zero-order chi connectivity index (χ0) is 22.6. The van der Waals surface area contributed by atoms with E-state index in [1.165, 1.54) is 29.0 Å². The Hall–Kier alpha value is -1.55. The molecule has 2 aromatic carbocycles. The number of halogens is 2. The summed E-state index contributed by atoms with van der Waals surface area (Å²) in [7, 11) is -1.73. The van der Waals surface area contributed by atoms with Crippen LogP contribution >= 0.6 is 24.8 Å². The fourth-order valence-electron chi connectivity index (χ4n) is 4.75.